The third-order valence-corrected chi connectivity index (χ3v) is 6.71. The van der Waals surface area contributed by atoms with Gasteiger partial charge in [0.2, 0.25) is 5.75 Å². The number of carbonyl (C=O) groups excluding carboxylic acids is 1. The van der Waals surface area contributed by atoms with Crippen molar-refractivity contribution in [3.05, 3.63) is 95.8 Å². The number of nitro benzene ring substituents is 2. The number of anilines is 1. The van der Waals surface area contributed by atoms with Crippen LogP contribution in [0.1, 0.15) is 5.56 Å². The average Bonchev–Trinajstić information content (AvgIpc) is 3.12. The molecule has 0 radical (unpaired) electrons. The third kappa shape index (κ3) is 5.22. The van der Waals surface area contributed by atoms with Gasteiger partial charge in [0.15, 0.2) is 15.8 Å². The summed E-state index contributed by atoms with van der Waals surface area (Å²) >= 11 is 9.96. The largest absolute Gasteiger partial charge is 0.493 e. The average molecular weight is 588 g/mol. The molecule has 0 bridgehead atoms. The topological polar surface area (TPSA) is 125 Å². The minimum atomic E-state index is -0.767. The first-order valence-corrected chi connectivity index (χ1v) is 12.0. The summed E-state index contributed by atoms with van der Waals surface area (Å²) in [6, 6.07) is 15.1. The zero-order valence-electron chi connectivity index (χ0n) is 18.2. The number of hydrogen-bond donors (Lipinski definition) is 0. The van der Waals surface area contributed by atoms with Crippen molar-refractivity contribution in [1.29, 1.82) is 0 Å². The van der Waals surface area contributed by atoms with Crippen LogP contribution in [0.15, 0.2) is 70.0 Å². The normalized spacial score (nSPS) is 14.3. The smallest absolute Gasteiger partial charge is 0.318 e. The molecule has 0 aliphatic carbocycles. The zero-order chi connectivity index (χ0) is 26.0. The molecular weight excluding hydrogens is 574 g/mol. The second-order valence-corrected chi connectivity index (χ2v) is 9.77. The zero-order valence-corrected chi connectivity index (χ0v) is 21.5. The Morgan fingerprint density at radius 2 is 1.75 bits per heavy atom. The lowest BCUT2D eigenvalue weighted by Crippen LogP contribution is -2.27. The van der Waals surface area contributed by atoms with Crippen molar-refractivity contribution in [2.75, 3.05) is 12.0 Å². The number of thiocarbonyl (C=S) groups is 1. The van der Waals surface area contributed by atoms with E-state index < -0.39 is 21.2 Å². The van der Waals surface area contributed by atoms with Crippen molar-refractivity contribution in [3.63, 3.8) is 0 Å². The molecule has 0 unspecified atom stereocenters. The van der Waals surface area contributed by atoms with Crippen LogP contribution in [0.3, 0.4) is 0 Å². The number of methoxy groups -OCH3 is 1. The highest BCUT2D eigenvalue weighted by Crippen LogP contribution is 2.40. The van der Waals surface area contributed by atoms with Crippen molar-refractivity contribution in [2.45, 2.75) is 0 Å². The van der Waals surface area contributed by atoms with E-state index in [1.165, 1.54) is 18.1 Å². The Balaban J connectivity index is 1.62. The summed E-state index contributed by atoms with van der Waals surface area (Å²) in [4.78, 5) is 35.8. The molecule has 36 heavy (non-hydrogen) atoms. The van der Waals surface area contributed by atoms with Crippen LogP contribution < -0.4 is 14.4 Å². The molecule has 4 rings (SSSR count). The highest BCUT2D eigenvalue weighted by atomic mass is 79.9. The fourth-order valence-corrected chi connectivity index (χ4v) is 4.97. The Morgan fingerprint density at radius 3 is 2.42 bits per heavy atom. The van der Waals surface area contributed by atoms with Gasteiger partial charge in [0.25, 0.3) is 11.6 Å². The molecule has 3 aromatic carbocycles. The molecule has 0 atom stereocenters. The molecule has 1 saturated heterocycles. The lowest BCUT2D eigenvalue weighted by atomic mass is 10.1. The first kappa shape index (κ1) is 25.3. The number of ether oxygens (including phenoxy) is 2. The molecule has 0 saturated carbocycles. The molecule has 1 aliphatic rings. The molecule has 0 N–H and O–H groups in total. The van der Waals surface area contributed by atoms with Crippen LogP contribution in [0.5, 0.6) is 17.2 Å². The third-order valence-electron chi connectivity index (χ3n) is 4.92. The van der Waals surface area contributed by atoms with Crippen molar-refractivity contribution < 1.29 is 24.1 Å². The van der Waals surface area contributed by atoms with Gasteiger partial charge in [0, 0.05) is 10.5 Å². The predicted molar refractivity (Wildman–Crippen MR) is 143 cm³/mol. The minimum Gasteiger partial charge on any atom is -0.493 e. The van der Waals surface area contributed by atoms with Gasteiger partial charge in [-0.25, -0.2) is 0 Å². The highest BCUT2D eigenvalue weighted by Gasteiger charge is 2.33. The molecule has 3 aromatic rings. The van der Waals surface area contributed by atoms with Crippen molar-refractivity contribution in [2.24, 2.45) is 0 Å². The summed E-state index contributed by atoms with van der Waals surface area (Å²) < 4.78 is 12.2. The number of thioether (sulfide) groups is 1. The monoisotopic (exact) mass is 587 g/mol. The van der Waals surface area contributed by atoms with Gasteiger partial charge in [-0.05, 0) is 48.0 Å². The number of carbonyl (C=O) groups is 1. The molecular formula is C23H14BrN3O7S2. The second kappa shape index (κ2) is 10.4. The number of rotatable bonds is 7. The van der Waals surface area contributed by atoms with Crippen molar-refractivity contribution >= 4 is 73.3 Å². The Hall–Kier alpha value is -3.81. The summed E-state index contributed by atoms with van der Waals surface area (Å²) in [6.45, 7) is 0. The number of halogens is 1. The van der Waals surface area contributed by atoms with Gasteiger partial charge >= 0.3 is 5.69 Å². The molecule has 1 heterocycles. The standard InChI is InChI=1S/C23H14BrN3O7S2/c1-33-20-9-13(10-21-22(28)25(23(35)36-21)15-4-2-3-14(24)11-15)5-7-19(20)34-18-8-6-16(26(29)30)12-17(18)27(31)32/h2-12H,1H3/b21-10+. The lowest BCUT2D eigenvalue weighted by molar-refractivity contribution is -0.394. The number of benzene rings is 3. The maximum Gasteiger partial charge on any atom is 0.318 e. The van der Waals surface area contributed by atoms with Gasteiger partial charge in [-0.3, -0.25) is 29.9 Å². The van der Waals surface area contributed by atoms with Crippen molar-refractivity contribution in [3.8, 4) is 17.2 Å². The summed E-state index contributed by atoms with van der Waals surface area (Å²) in [6.07, 6.45) is 1.65. The molecule has 13 heteroatoms. The summed E-state index contributed by atoms with van der Waals surface area (Å²) in [5, 5.41) is 22.4. The Labute approximate surface area is 221 Å². The van der Waals surface area contributed by atoms with E-state index in [2.05, 4.69) is 15.9 Å². The molecule has 1 fully saturated rings. The van der Waals surface area contributed by atoms with Gasteiger partial charge in [-0.2, -0.15) is 0 Å². The molecule has 1 aliphatic heterocycles. The number of amides is 1. The van der Waals surface area contributed by atoms with Crippen LogP contribution in [0, 0.1) is 20.2 Å². The summed E-state index contributed by atoms with van der Waals surface area (Å²) in [7, 11) is 1.39. The number of non-ortho nitro benzene ring substituents is 1. The van der Waals surface area contributed by atoms with E-state index in [0.717, 1.165) is 34.4 Å². The summed E-state index contributed by atoms with van der Waals surface area (Å²) in [5.41, 5.74) is 0.247. The van der Waals surface area contributed by atoms with Crippen LogP contribution >= 0.6 is 39.9 Å². The van der Waals surface area contributed by atoms with Crippen LogP contribution in [0.25, 0.3) is 6.08 Å². The first-order chi connectivity index (χ1) is 17.2. The fourth-order valence-electron chi connectivity index (χ4n) is 3.28. The van der Waals surface area contributed by atoms with E-state index in [4.69, 9.17) is 21.7 Å². The van der Waals surface area contributed by atoms with E-state index >= 15 is 0 Å². The van der Waals surface area contributed by atoms with E-state index in [-0.39, 0.29) is 23.2 Å². The van der Waals surface area contributed by atoms with Crippen LogP contribution in [-0.2, 0) is 4.79 Å². The lowest BCUT2D eigenvalue weighted by Gasteiger charge is -2.14. The Morgan fingerprint density at radius 1 is 1.00 bits per heavy atom. The van der Waals surface area contributed by atoms with Crippen LogP contribution in [0.2, 0.25) is 0 Å². The molecule has 10 nitrogen and oxygen atoms in total. The maximum absolute atomic E-state index is 13.0. The number of nitrogens with zero attached hydrogens (tertiary/aromatic N) is 3. The summed E-state index contributed by atoms with van der Waals surface area (Å²) in [5.74, 6) is -0.0809. The van der Waals surface area contributed by atoms with Crippen LogP contribution in [0.4, 0.5) is 17.1 Å². The van der Waals surface area contributed by atoms with Crippen LogP contribution in [-0.4, -0.2) is 27.2 Å². The Kier molecular flexibility index (Phi) is 7.33. The predicted octanol–water partition coefficient (Wildman–Crippen LogP) is 6.47. The van der Waals surface area contributed by atoms with Gasteiger partial charge in [-0.15, -0.1) is 0 Å². The highest BCUT2D eigenvalue weighted by molar-refractivity contribution is 9.10. The van der Waals surface area contributed by atoms with E-state index in [1.807, 2.05) is 6.07 Å². The molecule has 0 spiro atoms. The van der Waals surface area contributed by atoms with Gasteiger partial charge in [-0.1, -0.05) is 52.0 Å². The van der Waals surface area contributed by atoms with E-state index in [0.29, 0.717) is 20.5 Å². The maximum atomic E-state index is 13.0. The first-order valence-electron chi connectivity index (χ1n) is 10.00. The Bertz CT molecular complexity index is 1460. The van der Waals surface area contributed by atoms with Gasteiger partial charge < -0.3 is 9.47 Å². The molecule has 182 valence electrons. The quantitative estimate of drug-likeness (QED) is 0.132. The second-order valence-electron chi connectivity index (χ2n) is 7.18. The van der Waals surface area contributed by atoms with E-state index in [1.54, 1.807) is 36.4 Å². The van der Waals surface area contributed by atoms with Gasteiger partial charge in [0.1, 0.15) is 0 Å². The fraction of sp³-hybridized carbons (Fsp3) is 0.0435. The van der Waals surface area contributed by atoms with Gasteiger partial charge in [0.05, 0.1) is 33.6 Å². The van der Waals surface area contributed by atoms with Crippen molar-refractivity contribution in [1.82, 2.24) is 0 Å². The number of nitro groups is 2. The molecule has 1 amide bonds. The minimum absolute atomic E-state index is 0.147. The van der Waals surface area contributed by atoms with E-state index in [9.17, 15) is 25.0 Å². The SMILES string of the molecule is COc1cc(/C=C2/SC(=S)N(c3cccc(Br)c3)C2=O)ccc1Oc1ccc([N+](=O)[O-])cc1[N+](=O)[O-]. The number of hydrogen-bond acceptors (Lipinski definition) is 9. The molecule has 0 aromatic heterocycles.